The number of hydrogen-bond donors (Lipinski definition) is 2. The lowest BCUT2D eigenvalue weighted by Gasteiger charge is -2.17. The minimum Gasteiger partial charge on any atom is -0.493 e. The molecule has 1 aliphatic carbocycles. The third kappa shape index (κ3) is 5.82. The van der Waals surface area contributed by atoms with Gasteiger partial charge in [0, 0.05) is 5.75 Å². The van der Waals surface area contributed by atoms with Crippen LogP contribution in [0.2, 0.25) is 0 Å². The van der Waals surface area contributed by atoms with Crippen LogP contribution < -0.4 is 15.6 Å². The molecule has 8 nitrogen and oxygen atoms in total. The Bertz CT molecular complexity index is 836. The molecule has 11 heteroatoms. The van der Waals surface area contributed by atoms with Gasteiger partial charge in [0.15, 0.2) is 5.82 Å². The number of ether oxygens (including phenoxy) is 1. The van der Waals surface area contributed by atoms with Gasteiger partial charge < -0.3 is 15.0 Å². The monoisotopic (exact) mass is 434 g/mol. The first-order chi connectivity index (χ1) is 12.4. The Morgan fingerprint density at radius 1 is 1.22 bits per heavy atom. The highest BCUT2D eigenvalue weighted by molar-refractivity contribution is 7.98. The molecule has 0 aliphatic heterocycles. The molecular formula is C16H23ClN4O4S2. The van der Waals surface area contributed by atoms with E-state index in [0.717, 1.165) is 31.4 Å². The van der Waals surface area contributed by atoms with Crippen molar-refractivity contribution >= 4 is 34.2 Å². The maximum atomic E-state index is 11.2. The van der Waals surface area contributed by atoms with Crippen LogP contribution in [0.1, 0.15) is 37.4 Å². The number of nitrogens with zero attached hydrogens (tertiary/aromatic N) is 2. The van der Waals surface area contributed by atoms with Crippen LogP contribution in [0, 0.1) is 0 Å². The highest BCUT2D eigenvalue weighted by Gasteiger charge is 2.35. The van der Waals surface area contributed by atoms with E-state index in [9.17, 15) is 8.42 Å². The fourth-order valence-corrected chi connectivity index (χ4v) is 4.00. The number of sulfonamides is 1. The summed E-state index contributed by atoms with van der Waals surface area (Å²) in [5.74, 6) is 3.08. The molecule has 1 heterocycles. The van der Waals surface area contributed by atoms with Gasteiger partial charge in [0.1, 0.15) is 5.75 Å². The minimum atomic E-state index is -3.68. The number of benzene rings is 1. The van der Waals surface area contributed by atoms with E-state index in [1.165, 1.54) is 12.1 Å². The van der Waals surface area contributed by atoms with E-state index >= 15 is 0 Å². The molecule has 1 saturated carbocycles. The third-order valence-electron chi connectivity index (χ3n) is 4.28. The van der Waals surface area contributed by atoms with Crippen LogP contribution in [-0.4, -0.2) is 30.9 Å². The largest absolute Gasteiger partial charge is 0.493 e. The van der Waals surface area contributed by atoms with Crippen molar-refractivity contribution in [3.63, 3.8) is 0 Å². The van der Waals surface area contributed by atoms with E-state index in [2.05, 4.69) is 10.1 Å². The standard InChI is InChI=1S/C16H22N4O4S2.ClH/c17-16(7-1-2-8-16)15-19-14(24-20-15)11-25-10-9-23-12-3-5-13(6-4-12)26(18,21)22;/h3-6H,1-2,7-11,17H2,(H2,18,21,22);1H. The lowest BCUT2D eigenvalue weighted by Crippen LogP contribution is -2.34. The molecule has 1 aliphatic rings. The van der Waals surface area contributed by atoms with E-state index in [-0.39, 0.29) is 17.3 Å². The number of rotatable bonds is 8. The summed E-state index contributed by atoms with van der Waals surface area (Å²) >= 11 is 1.61. The second-order valence-corrected chi connectivity index (χ2v) is 8.96. The molecule has 0 radical (unpaired) electrons. The highest BCUT2D eigenvalue weighted by atomic mass is 35.5. The fourth-order valence-electron chi connectivity index (χ4n) is 2.85. The first-order valence-corrected chi connectivity index (χ1v) is 11.0. The van der Waals surface area contributed by atoms with Gasteiger partial charge in [-0.2, -0.15) is 4.98 Å². The van der Waals surface area contributed by atoms with Crippen LogP contribution >= 0.6 is 24.2 Å². The summed E-state index contributed by atoms with van der Waals surface area (Å²) in [5.41, 5.74) is 5.88. The molecule has 0 atom stereocenters. The summed E-state index contributed by atoms with van der Waals surface area (Å²) in [5, 5.41) is 9.08. The molecule has 150 valence electrons. The molecule has 0 amide bonds. The average Bonchev–Trinajstić information content (AvgIpc) is 3.24. The Morgan fingerprint density at radius 3 is 2.52 bits per heavy atom. The number of aromatic nitrogens is 2. The molecule has 2 aromatic rings. The van der Waals surface area contributed by atoms with Crippen molar-refractivity contribution in [3.05, 3.63) is 36.0 Å². The van der Waals surface area contributed by atoms with Crippen LogP contribution in [0.15, 0.2) is 33.7 Å². The fraction of sp³-hybridized carbons (Fsp3) is 0.500. The maximum Gasteiger partial charge on any atom is 0.238 e. The maximum absolute atomic E-state index is 11.2. The normalized spacial score (nSPS) is 16.1. The summed E-state index contributed by atoms with van der Waals surface area (Å²) in [6.07, 6.45) is 4.00. The molecular weight excluding hydrogens is 412 g/mol. The van der Waals surface area contributed by atoms with E-state index in [0.29, 0.717) is 29.8 Å². The first kappa shape index (κ1) is 22.0. The summed E-state index contributed by atoms with van der Waals surface area (Å²) in [6, 6.07) is 6.00. The molecule has 0 bridgehead atoms. The third-order valence-corrected chi connectivity index (χ3v) is 6.12. The Hall–Kier alpha value is -1.33. The lowest BCUT2D eigenvalue weighted by molar-refractivity contribution is 0.343. The zero-order chi connectivity index (χ0) is 18.6. The summed E-state index contributed by atoms with van der Waals surface area (Å²) < 4.78 is 33.2. The molecule has 3 rings (SSSR count). The summed E-state index contributed by atoms with van der Waals surface area (Å²) in [6.45, 7) is 0.473. The van der Waals surface area contributed by atoms with Gasteiger partial charge in [0.25, 0.3) is 0 Å². The van der Waals surface area contributed by atoms with Crippen LogP contribution in [0.4, 0.5) is 0 Å². The van der Waals surface area contributed by atoms with Gasteiger partial charge in [-0.1, -0.05) is 18.0 Å². The van der Waals surface area contributed by atoms with E-state index < -0.39 is 15.6 Å². The van der Waals surface area contributed by atoms with Crippen molar-refractivity contribution < 1.29 is 17.7 Å². The minimum absolute atomic E-state index is 0. The van der Waals surface area contributed by atoms with E-state index in [1.54, 1.807) is 23.9 Å². The molecule has 1 fully saturated rings. The van der Waals surface area contributed by atoms with Crippen LogP contribution in [0.3, 0.4) is 0 Å². The van der Waals surface area contributed by atoms with Gasteiger partial charge in [0.2, 0.25) is 15.9 Å². The Kier molecular flexibility index (Phi) is 7.52. The summed E-state index contributed by atoms with van der Waals surface area (Å²) in [7, 11) is -3.68. The van der Waals surface area contributed by atoms with Crippen LogP contribution in [0.25, 0.3) is 0 Å². The number of hydrogen-bond acceptors (Lipinski definition) is 8. The predicted octanol–water partition coefficient (Wildman–Crippen LogP) is 2.18. The van der Waals surface area contributed by atoms with Crippen molar-refractivity contribution in [1.82, 2.24) is 10.1 Å². The number of primary sulfonamides is 1. The topological polar surface area (TPSA) is 134 Å². The SMILES string of the molecule is Cl.NC1(c2noc(CSCCOc3ccc(S(N)(=O)=O)cc3)n2)CCCC1. The molecule has 1 aromatic heterocycles. The van der Waals surface area contributed by atoms with Gasteiger partial charge >= 0.3 is 0 Å². The highest BCUT2D eigenvalue weighted by Crippen LogP contribution is 2.34. The van der Waals surface area contributed by atoms with Crippen molar-refractivity contribution in [3.8, 4) is 5.75 Å². The molecule has 4 N–H and O–H groups in total. The molecule has 0 saturated heterocycles. The average molecular weight is 435 g/mol. The Labute approximate surface area is 168 Å². The number of halogens is 1. The van der Waals surface area contributed by atoms with E-state index in [4.69, 9.17) is 20.1 Å². The predicted molar refractivity (Wildman–Crippen MR) is 105 cm³/mol. The Morgan fingerprint density at radius 2 is 1.89 bits per heavy atom. The van der Waals surface area contributed by atoms with Crippen molar-refractivity contribution in [2.24, 2.45) is 10.9 Å². The first-order valence-electron chi connectivity index (χ1n) is 8.32. The molecule has 0 unspecified atom stereocenters. The van der Waals surface area contributed by atoms with Gasteiger partial charge in [-0.05, 0) is 37.1 Å². The van der Waals surface area contributed by atoms with Gasteiger partial charge in [0.05, 0.1) is 22.8 Å². The second kappa shape index (κ2) is 9.24. The number of nitrogens with two attached hydrogens (primary N) is 2. The quantitative estimate of drug-likeness (QED) is 0.603. The van der Waals surface area contributed by atoms with Crippen molar-refractivity contribution in [2.45, 2.75) is 41.9 Å². The van der Waals surface area contributed by atoms with Crippen LogP contribution in [0.5, 0.6) is 5.75 Å². The van der Waals surface area contributed by atoms with Crippen molar-refractivity contribution in [2.75, 3.05) is 12.4 Å². The molecule has 0 spiro atoms. The second-order valence-electron chi connectivity index (χ2n) is 6.29. The van der Waals surface area contributed by atoms with Crippen LogP contribution in [-0.2, 0) is 21.3 Å². The zero-order valence-corrected chi connectivity index (χ0v) is 17.1. The van der Waals surface area contributed by atoms with Gasteiger partial charge in [-0.3, -0.25) is 0 Å². The molecule has 1 aromatic carbocycles. The number of thioether (sulfide) groups is 1. The smallest absolute Gasteiger partial charge is 0.238 e. The zero-order valence-electron chi connectivity index (χ0n) is 14.7. The van der Waals surface area contributed by atoms with Gasteiger partial charge in [-0.15, -0.1) is 24.2 Å². The summed E-state index contributed by atoms with van der Waals surface area (Å²) in [4.78, 5) is 4.48. The Balaban J connectivity index is 0.00000261. The van der Waals surface area contributed by atoms with E-state index in [1.807, 2.05) is 0 Å². The van der Waals surface area contributed by atoms with Gasteiger partial charge in [-0.25, -0.2) is 13.6 Å². The lowest BCUT2D eigenvalue weighted by atomic mass is 9.99. The van der Waals surface area contributed by atoms with Crippen molar-refractivity contribution in [1.29, 1.82) is 0 Å². The molecule has 27 heavy (non-hydrogen) atoms.